The molecule has 0 saturated carbocycles. The van der Waals surface area contributed by atoms with Crippen molar-refractivity contribution in [2.75, 3.05) is 13.2 Å². The van der Waals surface area contributed by atoms with E-state index in [0.29, 0.717) is 16.5 Å². The van der Waals surface area contributed by atoms with Crippen LogP contribution in [0.4, 0.5) is 0 Å². The molecule has 6 nitrogen and oxygen atoms in total. The van der Waals surface area contributed by atoms with Crippen LogP contribution < -0.4 is 9.47 Å². The first kappa shape index (κ1) is 26.6. The van der Waals surface area contributed by atoms with Gasteiger partial charge in [-0.3, -0.25) is 9.59 Å². The van der Waals surface area contributed by atoms with Gasteiger partial charge in [0.1, 0.15) is 36.9 Å². The highest BCUT2D eigenvalue weighted by Gasteiger charge is 2.20. The van der Waals surface area contributed by atoms with Crippen LogP contribution in [0, 0.1) is 11.8 Å². The van der Waals surface area contributed by atoms with E-state index < -0.39 is 12.2 Å². The first-order chi connectivity index (χ1) is 16.6. The molecule has 0 aliphatic heterocycles. The summed E-state index contributed by atoms with van der Waals surface area (Å²) in [7, 11) is 0. The van der Waals surface area contributed by atoms with Crippen molar-refractivity contribution in [3.05, 3.63) is 47.5 Å². The molecule has 0 spiro atoms. The summed E-state index contributed by atoms with van der Waals surface area (Å²) in [6, 6.07) is 13.3. The fraction of sp³-hybridized carbons (Fsp3) is 0.429. The van der Waals surface area contributed by atoms with E-state index in [1.165, 1.54) is 0 Å². The molecule has 2 atom stereocenters. The number of carbonyl (C=O) groups excluding carboxylic acids is 2. The van der Waals surface area contributed by atoms with Crippen molar-refractivity contribution in [1.82, 2.24) is 0 Å². The topological polar surface area (TPSA) is 71.1 Å². The molecule has 3 aromatic rings. The second-order valence-corrected chi connectivity index (χ2v) is 9.76. The molecule has 0 fully saturated rings. The second kappa shape index (κ2) is 11.6. The minimum absolute atomic E-state index is 0.187. The van der Waals surface area contributed by atoms with Gasteiger partial charge in [0.25, 0.3) is 0 Å². The van der Waals surface area contributed by atoms with Crippen LogP contribution in [0.15, 0.2) is 42.5 Å². The van der Waals surface area contributed by atoms with E-state index in [2.05, 4.69) is 0 Å². The largest absolute Gasteiger partial charge is 0.488 e. The van der Waals surface area contributed by atoms with Gasteiger partial charge >= 0.3 is 11.9 Å². The van der Waals surface area contributed by atoms with Crippen molar-refractivity contribution in [1.29, 1.82) is 0 Å². The Kier molecular flexibility index (Phi) is 8.84. The Morgan fingerprint density at radius 1 is 0.686 bits per heavy atom. The van der Waals surface area contributed by atoms with E-state index in [9.17, 15) is 9.59 Å². The van der Waals surface area contributed by atoms with Gasteiger partial charge in [-0.2, -0.15) is 0 Å². The summed E-state index contributed by atoms with van der Waals surface area (Å²) in [5, 5.41) is 3.85. The van der Waals surface area contributed by atoms with Gasteiger partial charge in [0.15, 0.2) is 0 Å². The second-order valence-electron chi connectivity index (χ2n) is 9.32. The molecule has 35 heavy (non-hydrogen) atoms. The molecule has 0 heterocycles. The van der Waals surface area contributed by atoms with Crippen LogP contribution in [0.25, 0.3) is 21.5 Å². The normalized spacial score (nSPS) is 13.2. The van der Waals surface area contributed by atoms with Gasteiger partial charge in [0, 0.05) is 26.6 Å². The molecular weight excluding hydrogens is 468 g/mol. The standard InChI is InChI=1S/C28H33ClO6/c1-16(2)27(30)34-18(5)14-32-25-21-9-7-8-10-22(21)26(24-13-20(29)11-12-23(24)25)33-15-19(6)35-28(31)17(3)4/h7-13,16-19H,14-15H2,1-6H3. The highest BCUT2D eigenvalue weighted by molar-refractivity contribution is 6.31. The predicted molar refractivity (Wildman–Crippen MR) is 138 cm³/mol. The van der Waals surface area contributed by atoms with Crippen molar-refractivity contribution in [3.63, 3.8) is 0 Å². The lowest BCUT2D eigenvalue weighted by atomic mass is 10.0. The number of ether oxygens (including phenoxy) is 4. The predicted octanol–water partition coefficient (Wildman–Crippen LogP) is 6.58. The third-order valence-corrected chi connectivity index (χ3v) is 5.62. The van der Waals surface area contributed by atoms with Gasteiger partial charge in [0.05, 0.1) is 11.8 Å². The van der Waals surface area contributed by atoms with E-state index >= 15 is 0 Å². The molecule has 0 aromatic heterocycles. The van der Waals surface area contributed by atoms with Crippen LogP contribution >= 0.6 is 11.6 Å². The molecule has 3 rings (SSSR count). The summed E-state index contributed by atoms with van der Waals surface area (Å²) >= 11 is 6.35. The van der Waals surface area contributed by atoms with E-state index in [4.69, 9.17) is 30.5 Å². The van der Waals surface area contributed by atoms with Crippen LogP contribution in [-0.2, 0) is 19.1 Å². The van der Waals surface area contributed by atoms with E-state index in [1.54, 1.807) is 47.6 Å². The van der Waals surface area contributed by atoms with Gasteiger partial charge in [-0.25, -0.2) is 0 Å². The first-order valence-corrected chi connectivity index (χ1v) is 12.3. The average Bonchev–Trinajstić information content (AvgIpc) is 2.80. The fourth-order valence-electron chi connectivity index (χ4n) is 3.52. The molecule has 3 aromatic carbocycles. The molecule has 0 bridgehead atoms. The van der Waals surface area contributed by atoms with Crippen LogP contribution in [0.1, 0.15) is 41.5 Å². The van der Waals surface area contributed by atoms with Crippen LogP contribution in [-0.4, -0.2) is 37.4 Å². The number of halogens is 1. The number of rotatable bonds is 10. The monoisotopic (exact) mass is 500 g/mol. The molecule has 0 aliphatic carbocycles. The Labute approximate surface area is 211 Å². The first-order valence-electron chi connectivity index (χ1n) is 11.9. The maximum absolute atomic E-state index is 12.0. The van der Waals surface area contributed by atoms with Crippen molar-refractivity contribution in [2.45, 2.75) is 53.8 Å². The molecule has 0 aliphatic rings. The number of esters is 2. The summed E-state index contributed by atoms with van der Waals surface area (Å²) in [5.41, 5.74) is 0. The maximum atomic E-state index is 12.0. The lowest BCUT2D eigenvalue weighted by Gasteiger charge is -2.21. The Balaban J connectivity index is 1.97. The third-order valence-electron chi connectivity index (χ3n) is 5.39. The van der Waals surface area contributed by atoms with E-state index in [0.717, 1.165) is 21.5 Å². The fourth-order valence-corrected chi connectivity index (χ4v) is 3.69. The van der Waals surface area contributed by atoms with Crippen LogP contribution in [0.3, 0.4) is 0 Å². The number of hydrogen-bond acceptors (Lipinski definition) is 6. The van der Waals surface area contributed by atoms with Gasteiger partial charge in [-0.05, 0) is 32.0 Å². The third kappa shape index (κ3) is 6.57. The zero-order valence-corrected chi connectivity index (χ0v) is 21.8. The van der Waals surface area contributed by atoms with Crippen molar-refractivity contribution in [3.8, 4) is 11.5 Å². The van der Waals surface area contributed by atoms with Gasteiger partial charge in [0.2, 0.25) is 0 Å². The quantitative estimate of drug-likeness (QED) is 0.231. The van der Waals surface area contributed by atoms with Crippen LogP contribution in [0.2, 0.25) is 5.02 Å². The van der Waals surface area contributed by atoms with Crippen molar-refractivity contribution < 1.29 is 28.5 Å². The summed E-state index contributed by atoms with van der Waals surface area (Å²) in [6.07, 6.45) is -0.844. The number of carbonyl (C=O) groups is 2. The van der Waals surface area contributed by atoms with Gasteiger partial charge in [-0.15, -0.1) is 0 Å². The molecular formula is C28H33ClO6. The molecule has 0 saturated heterocycles. The highest BCUT2D eigenvalue weighted by Crippen LogP contribution is 2.43. The number of hydrogen-bond donors (Lipinski definition) is 0. The maximum Gasteiger partial charge on any atom is 0.308 e. The van der Waals surface area contributed by atoms with Gasteiger partial charge < -0.3 is 18.9 Å². The van der Waals surface area contributed by atoms with E-state index in [1.807, 2.05) is 36.4 Å². The SMILES string of the molecule is CC(COc1c2ccccc2c(OCC(C)OC(=O)C(C)C)c2cc(Cl)ccc12)OC(=O)C(C)C. The van der Waals surface area contributed by atoms with Crippen LogP contribution in [0.5, 0.6) is 11.5 Å². The molecule has 7 heteroatoms. The summed E-state index contributed by atoms with van der Waals surface area (Å²) in [5.74, 6) is 0.341. The summed E-state index contributed by atoms with van der Waals surface area (Å²) in [4.78, 5) is 23.9. The lowest BCUT2D eigenvalue weighted by Crippen LogP contribution is -2.25. The Morgan fingerprint density at radius 3 is 1.57 bits per heavy atom. The number of fused-ring (bicyclic) bond motifs is 2. The molecule has 0 radical (unpaired) electrons. The van der Waals surface area contributed by atoms with Crippen molar-refractivity contribution >= 4 is 45.1 Å². The molecule has 0 N–H and O–H groups in total. The zero-order chi connectivity index (χ0) is 25.7. The Morgan fingerprint density at radius 2 is 1.11 bits per heavy atom. The summed E-state index contributed by atoms with van der Waals surface area (Å²) < 4.78 is 23.4. The Hall–Kier alpha value is -2.99. The number of benzene rings is 3. The zero-order valence-electron chi connectivity index (χ0n) is 21.1. The van der Waals surface area contributed by atoms with Crippen molar-refractivity contribution in [2.24, 2.45) is 11.8 Å². The average molecular weight is 501 g/mol. The molecule has 188 valence electrons. The van der Waals surface area contributed by atoms with Gasteiger partial charge in [-0.1, -0.05) is 63.6 Å². The molecule has 0 amide bonds. The minimum atomic E-state index is -0.426. The van der Waals surface area contributed by atoms with E-state index in [-0.39, 0.29) is 37.0 Å². The lowest BCUT2D eigenvalue weighted by molar-refractivity contribution is -0.154. The Bertz CT molecular complexity index is 1200. The summed E-state index contributed by atoms with van der Waals surface area (Å²) in [6.45, 7) is 11.2. The minimum Gasteiger partial charge on any atom is -0.488 e. The smallest absolute Gasteiger partial charge is 0.308 e. The molecule has 2 unspecified atom stereocenters. The highest BCUT2D eigenvalue weighted by atomic mass is 35.5.